The molecule has 0 aromatic heterocycles. The molecule has 5 N–H and O–H groups in total. The first-order chi connectivity index (χ1) is 16.3. The number of carbonyl (C=O) groups excluding carboxylic acids is 1. The SMILES string of the molecule is COc1cc(O)c2c(c1)O[C@H](c1ccc(OC)c(O[C@H]3O[C@@H](CO)[C@H](O)[C@@H](O)[C@@H]3O)c1)CC2=O. The van der Waals surface area contributed by atoms with Gasteiger partial charge in [-0.05, 0) is 17.7 Å². The third-order valence-corrected chi connectivity index (χ3v) is 5.86. The highest BCUT2D eigenvalue weighted by Crippen LogP contribution is 2.43. The smallest absolute Gasteiger partial charge is 0.229 e. The van der Waals surface area contributed by atoms with Crippen LogP contribution < -0.4 is 18.9 Å². The number of ketones is 1. The average Bonchev–Trinajstić information content (AvgIpc) is 2.83. The van der Waals surface area contributed by atoms with Crippen molar-refractivity contribution in [3.63, 3.8) is 0 Å². The number of Topliss-reactive ketones (excluding diaryl/α,β-unsaturated/α-hetero) is 1. The van der Waals surface area contributed by atoms with E-state index in [1.165, 1.54) is 32.4 Å². The van der Waals surface area contributed by atoms with E-state index >= 15 is 0 Å². The van der Waals surface area contributed by atoms with Crippen LogP contribution in [0.1, 0.15) is 28.4 Å². The van der Waals surface area contributed by atoms with Crippen LogP contribution in [-0.2, 0) is 4.74 Å². The Hall–Kier alpha value is -3.09. The molecule has 2 aromatic rings. The Kier molecular flexibility index (Phi) is 6.82. The molecular formula is C23H26O11. The van der Waals surface area contributed by atoms with Crippen molar-refractivity contribution in [2.24, 2.45) is 0 Å². The maximum absolute atomic E-state index is 12.7. The fraction of sp³-hybridized carbons (Fsp3) is 0.435. The van der Waals surface area contributed by atoms with Gasteiger partial charge in [-0.3, -0.25) is 4.79 Å². The van der Waals surface area contributed by atoms with E-state index < -0.39 is 43.4 Å². The number of aromatic hydroxyl groups is 1. The summed E-state index contributed by atoms with van der Waals surface area (Å²) in [5.41, 5.74) is 0.602. The van der Waals surface area contributed by atoms with Gasteiger partial charge in [0.25, 0.3) is 0 Å². The van der Waals surface area contributed by atoms with Crippen molar-refractivity contribution >= 4 is 5.78 Å². The van der Waals surface area contributed by atoms with E-state index in [0.29, 0.717) is 11.3 Å². The zero-order valence-corrected chi connectivity index (χ0v) is 18.5. The van der Waals surface area contributed by atoms with Crippen LogP contribution in [0.2, 0.25) is 0 Å². The number of hydrogen-bond acceptors (Lipinski definition) is 11. The Morgan fingerprint density at radius 3 is 2.44 bits per heavy atom. The van der Waals surface area contributed by atoms with E-state index in [-0.39, 0.29) is 40.8 Å². The summed E-state index contributed by atoms with van der Waals surface area (Å²) in [7, 11) is 2.83. The second-order valence-electron chi connectivity index (χ2n) is 7.98. The van der Waals surface area contributed by atoms with Gasteiger partial charge < -0.3 is 49.2 Å². The molecule has 4 rings (SSSR count). The lowest BCUT2D eigenvalue weighted by atomic mass is 9.95. The summed E-state index contributed by atoms with van der Waals surface area (Å²) in [4.78, 5) is 12.7. The Morgan fingerprint density at radius 2 is 1.76 bits per heavy atom. The molecule has 0 unspecified atom stereocenters. The van der Waals surface area contributed by atoms with E-state index in [1.54, 1.807) is 12.1 Å². The number of benzene rings is 2. The average molecular weight is 478 g/mol. The summed E-state index contributed by atoms with van der Waals surface area (Å²) in [5.74, 6) is 0.316. The summed E-state index contributed by atoms with van der Waals surface area (Å²) in [6, 6.07) is 7.61. The maximum atomic E-state index is 12.7. The van der Waals surface area contributed by atoms with Crippen molar-refractivity contribution < 1.29 is 54.0 Å². The second kappa shape index (κ2) is 9.65. The van der Waals surface area contributed by atoms with E-state index in [9.17, 15) is 30.3 Å². The zero-order valence-electron chi connectivity index (χ0n) is 18.5. The van der Waals surface area contributed by atoms with E-state index in [0.717, 1.165) is 0 Å². The number of aliphatic hydroxyl groups excluding tert-OH is 4. The van der Waals surface area contributed by atoms with Gasteiger partial charge in [-0.15, -0.1) is 0 Å². The van der Waals surface area contributed by atoms with Crippen molar-refractivity contribution in [3.05, 3.63) is 41.5 Å². The lowest BCUT2D eigenvalue weighted by Crippen LogP contribution is -2.60. The number of carbonyl (C=O) groups is 1. The topological polar surface area (TPSA) is 164 Å². The minimum Gasteiger partial charge on any atom is -0.507 e. The van der Waals surface area contributed by atoms with Gasteiger partial charge in [-0.1, -0.05) is 6.07 Å². The molecule has 0 aliphatic carbocycles. The molecule has 2 aromatic carbocycles. The van der Waals surface area contributed by atoms with Gasteiger partial charge in [0.2, 0.25) is 6.29 Å². The molecule has 1 saturated heterocycles. The van der Waals surface area contributed by atoms with Crippen LogP contribution in [0, 0.1) is 0 Å². The van der Waals surface area contributed by atoms with Crippen LogP contribution in [0.3, 0.4) is 0 Å². The lowest BCUT2D eigenvalue weighted by Gasteiger charge is -2.39. The number of hydrogen-bond donors (Lipinski definition) is 5. The predicted molar refractivity (Wildman–Crippen MR) is 114 cm³/mol. The van der Waals surface area contributed by atoms with Crippen molar-refractivity contribution in [3.8, 4) is 28.7 Å². The van der Waals surface area contributed by atoms with Crippen molar-refractivity contribution in [2.45, 2.75) is 43.2 Å². The van der Waals surface area contributed by atoms with Crippen LogP contribution in [0.4, 0.5) is 0 Å². The summed E-state index contributed by atoms with van der Waals surface area (Å²) in [6.07, 6.45) is -8.09. The summed E-state index contributed by atoms with van der Waals surface area (Å²) >= 11 is 0. The second-order valence-corrected chi connectivity index (χ2v) is 7.98. The highest BCUT2D eigenvalue weighted by molar-refractivity contribution is 6.02. The predicted octanol–water partition coefficient (Wildman–Crippen LogP) is 0.295. The molecule has 34 heavy (non-hydrogen) atoms. The first-order valence-electron chi connectivity index (χ1n) is 10.5. The minimum atomic E-state index is -1.61. The van der Waals surface area contributed by atoms with Gasteiger partial charge >= 0.3 is 0 Å². The van der Waals surface area contributed by atoms with E-state index in [1.807, 2.05) is 0 Å². The van der Waals surface area contributed by atoms with E-state index in [2.05, 4.69) is 0 Å². The van der Waals surface area contributed by atoms with Crippen LogP contribution in [-0.4, -0.2) is 82.8 Å². The largest absolute Gasteiger partial charge is 0.507 e. The molecule has 0 spiro atoms. The third-order valence-electron chi connectivity index (χ3n) is 5.86. The molecule has 2 aliphatic heterocycles. The molecule has 0 saturated carbocycles. The fourth-order valence-electron chi connectivity index (χ4n) is 3.99. The highest BCUT2D eigenvalue weighted by Gasteiger charge is 2.45. The molecule has 2 heterocycles. The Balaban J connectivity index is 1.62. The normalized spacial score (nSPS) is 28.6. The van der Waals surface area contributed by atoms with Gasteiger partial charge in [0, 0.05) is 12.1 Å². The standard InChI is InChI=1S/C23H26O11/c1-30-11-6-12(25)19-13(26)8-15(32-17(19)7-11)10-3-4-14(31-2)16(5-10)33-23-22(29)21(28)20(27)18(9-24)34-23/h3-7,15,18,20-25,27-29H,8-9H2,1-2H3/t15-,18-,20-,21+,22-,23-/m0/s1. The fourth-order valence-corrected chi connectivity index (χ4v) is 3.99. The van der Waals surface area contributed by atoms with Gasteiger partial charge in [0.15, 0.2) is 17.3 Å². The molecule has 11 nitrogen and oxygen atoms in total. The quantitative estimate of drug-likeness (QED) is 0.388. The number of rotatable bonds is 6. The van der Waals surface area contributed by atoms with Crippen molar-refractivity contribution in [2.75, 3.05) is 20.8 Å². The van der Waals surface area contributed by atoms with Crippen LogP contribution in [0.15, 0.2) is 30.3 Å². The first-order valence-corrected chi connectivity index (χ1v) is 10.5. The third kappa shape index (κ3) is 4.36. The number of methoxy groups -OCH3 is 2. The Morgan fingerprint density at radius 1 is 1.00 bits per heavy atom. The van der Waals surface area contributed by atoms with Crippen LogP contribution in [0.5, 0.6) is 28.7 Å². The summed E-state index contributed by atoms with van der Waals surface area (Å²) in [5, 5.41) is 49.9. The molecule has 0 radical (unpaired) electrons. The van der Waals surface area contributed by atoms with Gasteiger partial charge in [0.05, 0.1) is 27.2 Å². The highest BCUT2D eigenvalue weighted by atomic mass is 16.7. The molecule has 2 aliphatic rings. The van der Waals surface area contributed by atoms with E-state index in [4.69, 9.17) is 23.7 Å². The summed E-state index contributed by atoms with van der Waals surface area (Å²) in [6.45, 7) is -0.601. The molecule has 0 bridgehead atoms. The molecule has 11 heteroatoms. The molecule has 184 valence electrons. The number of phenols is 1. The molecule has 0 amide bonds. The monoisotopic (exact) mass is 478 g/mol. The number of phenolic OH excluding ortho intramolecular Hbond substituents is 1. The van der Waals surface area contributed by atoms with Gasteiger partial charge in [-0.25, -0.2) is 0 Å². The first kappa shape index (κ1) is 24.0. The van der Waals surface area contributed by atoms with Crippen molar-refractivity contribution in [1.82, 2.24) is 0 Å². The Labute approximate surface area is 194 Å². The lowest BCUT2D eigenvalue weighted by molar-refractivity contribution is -0.277. The van der Waals surface area contributed by atoms with Crippen LogP contribution >= 0.6 is 0 Å². The number of ether oxygens (including phenoxy) is 5. The van der Waals surface area contributed by atoms with Gasteiger partial charge in [-0.2, -0.15) is 0 Å². The zero-order chi connectivity index (χ0) is 24.6. The molecule has 6 atom stereocenters. The molecular weight excluding hydrogens is 452 g/mol. The number of aliphatic hydroxyl groups is 4. The van der Waals surface area contributed by atoms with Gasteiger partial charge in [0.1, 0.15) is 53.3 Å². The maximum Gasteiger partial charge on any atom is 0.229 e. The van der Waals surface area contributed by atoms with Crippen LogP contribution in [0.25, 0.3) is 0 Å². The van der Waals surface area contributed by atoms with Crippen molar-refractivity contribution in [1.29, 1.82) is 0 Å². The number of fused-ring (bicyclic) bond motifs is 1. The Bertz CT molecular complexity index is 1050. The minimum absolute atomic E-state index is 0.0568. The molecule has 1 fully saturated rings. The summed E-state index contributed by atoms with van der Waals surface area (Å²) < 4.78 is 27.6.